The molecule has 1 unspecified atom stereocenters. The number of carbonyl (C=O) groups is 1. The molecule has 0 saturated carbocycles. The lowest BCUT2D eigenvalue weighted by molar-refractivity contribution is -0.138. The van der Waals surface area contributed by atoms with Crippen LogP contribution >= 0.6 is 36.4 Å². The molecule has 1 atom stereocenters. The van der Waals surface area contributed by atoms with E-state index in [1.165, 1.54) is 0 Å². The molecule has 1 amide bonds. The maximum atomic E-state index is 12.7. The molecule has 0 bridgehead atoms. The van der Waals surface area contributed by atoms with Gasteiger partial charge in [-0.15, -0.1) is 24.8 Å². The number of pyridine rings is 1. The molecule has 2 aliphatic heterocycles. The number of nitrogens with zero attached hydrogens (tertiary/aromatic N) is 3. The van der Waals surface area contributed by atoms with E-state index in [0.717, 1.165) is 18.8 Å². The summed E-state index contributed by atoms with van der Waals surface area (Å²) < 4.78 is 43.5. The summed E-state index contributed by atoms with van der Waals surface area (Å²) in [5.74, 6) is 0.355. The number of halogens is 6. The van der Waals surface area contributed by atoms with Gasteiger partial charge in [-0.1, -0.05) is 11.6 Å². The molecule has 6 nitrogen and oxygen atoms in total. The molecule has 1 aromatic heterocycles. The second kappa shape index (κ2) is 10.7. The fourth-order valence-electron chi connectivity index (χ4n) is 3.08. The summed E-state index contributed by atoms with van der Waals surface area (Å²) in [4.78, 5) is 19.8. The first-order valence-corrected chi connectivity index (χ1v) is 8.79. The molecule has 3 rings (SSSR count). The highest BCUT2D eigenvalue weighted by molar-refractivity contribution is 6.33. The van der Waals surface area contributed by atoms with Crippen LogP contribution in [0.3, 0.4) is 0 Å². The van der Waals surface area contributed by atoms with Crippen LogP contribution < -0.4 is 10.2 Å². The summed E-state index contributed by atoms with van der Waals surface area (Å²) in [6.07, 6.45) is -3.32. The van der Waals surface area contributed by atoms with Crippen LogP contribution in [0.15, 0.2) is 12.3 Å². The van der Waals surface area contributed by atoms with Crippen molar-refractivity contribution in [3.05, 3.63) is 22.8 Å². The lowest BCUT2D eigenvalue weighted by Crippen LogP contribution is -2.51. The van der Waals surface area contributed by atoms with Gasteiger partial charge >= 0.3 is 6.18 Å². The molecular formula is C16H22Cl3F3N4O2. The summed E-state index contributed by atoms with van der Waals surface area (Å²) in [6, 6.07) is 0.913. The normalized spacial score (nSPS) is 20.2. The van der Waals surface area contributed by atoms with Crippen LogP contribution in [0.5, 0.6) is 0 Å². The Morgan fingerprint density at radius 1 is 1.29 bits per heavy atom. The van der Waals surface area contributed by atoms with Crippen molar-refractivity contribution >= 4 is 48.1 Å². The second-order valence-corrected chi connectivity index (χ2v) is 6.73. The second-order valence-electron chi connectivity index (χ2n) is 6.33. The maximum Gasteiger partial charge on any atom is 0.417 e. The average molecular weight is 466 g/mol. The lowest BCUT2D eigenvalue weighted by atomic mass is 10.1. The minimum atomic E-state index is -4.48. The minimum Gasteiger partial charge on any atom is -0.378 e. The van der Waals surface area contributed by atoms with E-state index in [2.05, 4.69) is 10.3 Å². The van der Waals surface area contributed by atoms with E-state index in [4.69, 9.17) is 16.3 Å². The van der Waals surface area contributed by atoms with E-state index < -0.39 is 11.7 Å². The van der Waals surface area contributed by atoms with Gasteiger partial charge in [0, 0.05) is 51.4 Å². The predicted molar refractivity (Wildman–Crippen MR) is 105 cm³/mol. The summed E-state index contributed by atoms with van der Waals surface area (Å²) >= 11 is 5.99. The Morgan fingerprint density at radius 2 is 1.96 bits per heavy atom. The Kier molecular flexibility index (Phi) is 9.55. The molecule has 3 heterocycles. The van der Waals surface area contributed by atoms with Gasteiger partial charge in [0.2, 0.25) is 5.91 Å². The van der Waals surface area contributed by atoms with Gasteiger partial charge in [0.25, 0.3) is 0 Å². The predicted octanol–water partition coefficient (Wildman–Crippen LogP) is 2.62. The first-order valence-electron chi connectivity index (χ1n) is 8.41. The highest BCUT2D eigenvalue weighted by Crippen LogP contribution is 2.33. The molecule has 2 aliphatic rings. The van der Waals surface area contributed by atoms with E-state index in [0.29, 0.717) is 51.6 Å². The quantitative estimate of drug-likeness (QED) is 0.744. The molecule has 2 fully saturated rings. The molecule has 1 aromatic rings. The van der Waals surface area contributed by atoms with Crippen molar-refractivity contribution in [2.24, 2.45) is 0 Å². The zero-order valence-electron chi connectivity index (χ0n) is 14.9. The highest BCUT2D eigenvalue weighted by atomic mass is 35.5. The smallest absolute Gasteiger partial charge is 0.378 e. The Balaban J connectivity index is 0.00000196. The first kappa shape index (κ1) is 25.0. The largest absolute Gasteiger partial charge is 0.417 e. The first-order chi connectivity index (χ1) is 12.3. The zero-order valence-corrected chi connectivity index (χ0v) is 17.3. The van der Waals surface area contributed by atoms with Gasteiger partial charge in [-0.3, -0.25) is 4.79 Å². The third kappa shape index (κ3) is 6.25. The summed E-state index contributed by atoms with van der Waals surface area (Å²) in [7, 11) is 0. The number of hydrogen-bond donors (Lipinski definition) is 1. The molecule has 0 spiro atoms. The summed E-state index contributed by atoms with van der Waals surface area (Å²) in [5, 5.41) is 3.21. The Hall–Kier alpha value is -1.00. The number of morpholine rings is 1. The SMILES string of the molecule is Cl.Cl.O=C(CC1COCCN1)N1CCN(c2ncc(C(F)(F)F)cc2Cl)CC1. The Morgan fingerprint density at radius 3 is 2.50 bits per heavy atom. The monoisotopic (exact) mass is 464 g/mol. The molecule has 0 radical (unpaired) electrons. The van der Waals surface area contributed by atoms with Gasteiger partial charge in [-0.05, 0) is 6.07 Å². The van der Waals surface area contributed by atoms with Crippen molar-refractivity contribution in [2.45, 2.75) is 18.6 Å². The molecule has 2 saturated heterocycles. The molecular weight excluding hydrogens is 444 g/mol. The fraction of sp³-hybridized carbons (Fsp3) is 0.625. The Bertz CT molecular complexity index is 653. The van der Waals surface area contributed by atoms with Crippen molar-refractivity contribution in [3.63, 3.8) is 0 Å². The number of hydrogen-bond acceptors (Lipinski definition) is 5. The van der Waals surface area contributed by atoms with Crippen molar-refractivity contribution in [2.75, 3.05) is 50.8 Å². The van der Waals surface area contributed by atoms with E-state index in [9.17, 15) is 18.0 Å². The number of carbonyl (C=O) groups excluding carboxylic acids is 1. The van der Waals surface area contributed by atoms with Crippen LogP contribution in [0.25, 0.3) is 0 Å². The third-order valence-electron chi connectivity index (χ3n) is 4.50. The highest BCUT2D eigenvalue weighted by Gasteiger charge is 2.32. The number of ether oxygens (including phenoxy) is 1. The summed E-state index contributed by atoms with van der Waals surface area (Å²) in [5.41, 5.74) is -0.873. The number of aromatic nitrogens is 1. The van der Waals surface area contributed by atoms with Gasteiger partial charge in [0.1, 0.15) is 5.82 Å². The molecule has 0 aromatic carbocycles. The van der Waals surface area contributed by atoms with Gasteiger partial charge in [-0.25, -0.2) is 4.98 Å². The minimum absolute atomic E-state index is 0. The van der Waals surface area contributed by atoms with Gasteiger partial charge in [-0.2, -0.15) is 13.2 Å². The fourth-order valence-corrected chi connectivity index (χ4v) is 3.36. The van der Waals surface area contributed by atoms with E-state index in [1.807, 2.05) is 0 Å². The van der Waals surface area contributed by atoms with Gasteiger partial charge in [0.05, 0.1) is 23.8 Å². The number of alkyl halides is 3. The number of piperazine rings is 1. The standard InChI is InChI=1S/C16H20ClF3N4O2.2ClH/c17-13-7-11(16(18,19)20)9-22-15(13)24-4-2-23(3-5-24)14(25)8-12-10-26-6-1-21-12;;/h7,9,12,21H,1-6,8,10H2;2*1H. The van der Waals surface area contributed by atoms with Crippen molar-refractivity contribution < 1.29 is 22.7 Å². The number of amides is 1. The number of rotatable bonds is 3. The van der Waals surface area contributed by atoms with E-state index >= 15 is 0 Å². The third-order valence-corrected chi connectivity index (χ3v) is 4.78. The van der Waals surface area contributed by atoms with Crippen molar-refractivity contribution in [3.8, 4) is 0 Å². The molecule has 12 heteroatoms. The van der Waals surface area contributed by atoms with Crippen molar-refractivity contribution in [1.29, 1.82) is 0 Å². The molecule has 0 aliphatic carbocycles. The van der Waals surface area contributed by atoms with Crippen LogP contribution in [-0.2, 0) is 15.7 Å². The topological polar surface area (TPSA) is 57.7 Å². The lowest BCUT2D eigenvalue weighted by Gasteiger charge is -2.36. The van der Waals surface area contributed by atoms with E-state index in [1.54, 1.807) is 9.80 Å². The van der Waals surface area contributed by atoms with Gasteiger partial charge in [0.15, 0.2) is 0 Å². The van der Waals surface area contributed by atoms with Crippen LogP contribution in [0.2, 0.25) is 5.02 Å². The number of nitrogens with one attached hydrogen (secondary N) is 1. The maximum absolute atomic E-state index is 12.7. The van der Waals surface area contributed by atoms with Crippen molar-refractivity contribution in [1.82, 2.24) is 15.2 Å². The molecule has 1 N–H and O–H groups in total. The van der Waals surface area contributed by atoms with Crippen LogP contribution in [0.4, 0.5) is 19.0 Å². The average Bonchev–Trinajstić information content (AvgIpc) is 2.62. The van der Waals surface area contributed by atoms with Gasteiger partial charge < -0.3 is 19.9 Å². The van der Waals surface area contributed by atoms with Crippen LogP contribution in [0.1, 0.15) is 12.0 Å². The number of anilines is 1. The summed E-state index contributed by atoms with van der Waals surface area (Å²) in [6.45, 7) is 3.82. The van der Waals surface area contributed by atoms with E-state index in [-0.39, 0.29) is 41.8 Å². The van der Waals surface area contributed by atoms with Crippen LogP contribution in [0, 0.1) is 0 Å². The molecule has 160 valence electrons. The Labute approximate surface area is 178 Å². The molecule has 28 heavy (non-hydrogen) atoms. The zero-order chi connectivity index (χ0) is 18.7. The van der Waals surface area contributed by atoms with Crippen LogP contribution in [-0.4, -0.2) is 67.8 Å².